The van der Waals surface area contributed by atoms with E-state index in [9.17, 15) is 0 Å². The fourth-order valence-corrected chi connectivity index (χ4v) is 2.64. The molecule has 1 aromatic carbocycles. The Morgan fingerprint density at radius 1 is 1.24 bits per heavy atom. The second kappa shape index (κ2) is 6.39. The van der Waals surface area contributed by atoms with Gasteiger partial charge in [-0.05, 0) is 24.1 Å². The molecule has 0 aliphatic carbocycles. The first-order chi connectivity index (χ1) is 8.31. The van der Waals surface area contributed by atoms with Gasteiger partial charge in [0.2, 0.25) is 0 Å². The summed E-state index contributed by atoms with van der Waals surface area (Å²) < 4.78 is 0. The first-order valence-electron chi connectivity index (χ1n) is 6.51. The molecule has 1 atom stereocenters. The van der Waals surface area contributed by atoms with Crippen LogP contribution >= 0.6 is 11.6 Å². The average molecular weight is 253 g/mol. The van der Waals surface area contributed by atoms with Crippen LogP contribution in [0.4, 0.5) is 0 Å². The Hall–Kier alpha value is -0.570. The summed E-state index contributed by atoms with van der Waals surface area (Å²) in [6.45, 7) is 6.76. The van der Waals surface area contributed by atoms with E-state index in [1.807, 2.05) is 12.1 Å². The van der Waals surface area contributed by atoms with Gasteiger partial charge in [-0.15, -0.1) is 0 Å². The highest BCUT2D eigenvalue weighted by Gasteiger charge is 2.20. The normalized spacial score (nSPS) is 19.2. The third-order valence-electron chi connectivity index (χ3n) is 3.41. The molecule has 3 heteroatoms. The summed E-state index contributed by atoms with van der Waals surface area (Å²) in [5.74, 6) is 0. The molecule has 0 bridgehead atoms. The number of hydrogen-bond acceptors (Lipinski definition) is 2. The van der Waals surface area contributed by atoms with Gasteiger partial charge in [0.1, 0.15) is 0 Å². The number of nitrogens with zero attached hydrogens (tertiary/aromatic N) is 1. The minimum Gasteiger partial charge on any atom is -0.314 e. The van der Waals surface area contributed by atoms with E-state index < -0.39 is 0 Å². The van der Waals surface area contributed by atoms with Crippen LogP contribution in [0.1, 0.15) is 31.4 Å². The Labute approximate surface area is 109 Å². The van der Waals surface area contributed by atoms with Gasteiger partial charge in [0.15, 0.2) is 0 Å². The van der Waals surface area contributed by atoms with Gasteiger partial charge >= 0.3 is 0 Å². The third kappa shape index (κ3) is 3.44. The highest BCUT2D eigenvalue weighted by atomic mass is 35.5. The number of benzene rings is 1. The zero-order valence-corrected chi connectivity index (χ0v) is 11.2. The predicted octanol–water partition coefficient (Wildman–Crippen LogP) is 3.09. The van der Waals surface area contributed by atoms with Gasteiger partial charge in [-0.1, -0.05) is 37.1 Å². The summed E-state index contributed by atoms with van der Waals surface area (Å²) in [5, 5.41) is 4.23. The monoisotopic (exact) mass is 252 g/mol. The van der Waals surface area contributed by atoms with Crippen molar-refractivity contribution < 1.29 is 0 Å². The molecule has 2 rings (SSSR count). The van der Waals surface area contributed by atoms with E-state index in [0.717, 1.165) is 31.2 Å². The van der Waals surface area contributed by atoms with E-state index in [2.05, 4.69) is 29.3 Å². The Kier molecular flexibility index (Phi) is 4.84. The lowest BCUT2D eigenvalue weighted by atomic mass is 10.00. The van der Waals surface area contributed by atoms with Crippen molar-refractivity contribution in [2.45, 2.75) is 25.8 Å². The van der Waals surface area contributed by atoms with Gasteiger partial charge in [0.25, 0.3) is 0 Å². The molecule has 0 unspecified atom stereocenters. The minimum absolute atomic E-state index is 0.555. The molecule has 0 radical (unpaired) electrons. The molecule has 1 aliphatic rings. The zero-order valence-electron chi connectivity index (χ0n) is 10.5. The number of halogens is 1. The molecular formula is C14H21ClN2. The molecule has 1 N–H and O–H groups in total. The lowest BCUT2D eigenvalue weighted by molar-refractivity contribution is 0.164. The summed E-state index contributed by atoms with van der Waals surface area (Å²) >= 11 is 5.96. The van der Waals surface area contributed by atoms with Crippen LogP contribution in [0.3, 0.4) is 0 Å². The number of rotatable bonds is 4. The van der Waals surface area contributed by atoms with Gasteiger partial charge in [0.05, 0.1) is 0 Å². The fourth-order valence-electron chi connectivity index (χ4n) is 2.51. The van der Waals surface area contributed by atoms with Gasteiger partial charge in [-0.2, -0.15) is 0 Å². The van der Waals surface area contributed by atoms with Crippen LogP contribution in [0.25, 0.3) is 0 Å². The maximum atomic E-state index is 5.96. The summed E-state index contributed by atoms with van der Waals surface area (Å²) in [5.41, 5.74) is 1.40. The Bertz CT molecular complexity index is 331. The number of piperazine rings is 1. The third-order valence-corrected chi connectivity index (χ3v) is 3.66. The lowest BCUT2D eigenvalue weighted by Gasteiger charge is -2.35. The molecule has 2 nitrogen and oxygen atoms in total. The molecule has 0 aromatic heterocycles. The molecule has 1 saturated heterocycles. The van der Waals surface area contributed by atoms with Crippen LogP contribution in [0.2, 0.25) is 5.02 Å². The molecule has 1 aliphatic heterocycles. The molecule has 0 saturated carbocycles. The highest BCUT2D eigenvalue weighted by molar-refractivity contribution is 6.30. The molecule has 0 amide bonds. The van der Waals surface area contributed by atoms with Crippen molar-refractivity contribution in [3.05, 3.63) is 34.9 Å². The summed E-state index contributed by atoms with van der Waals surface area (Å²) in [6, 6.07) is 8.90. The van der Waals surface area contributed by atoms with E-state index >= 15 is 0 Å². The van der Waals surface area contributed by atoms with Crippen LogP contribution in [-0.4, -0.2) is 31.1 Å². The predicted molar refractivity (Wildman–Crippen MR) is 73.5 cm³/mol. The van der Waals surface area contributed by atoms with Crippen LogP contribution in [0.5, 0.6) is 0 Å². The second-order valence-electron chi connectivity index (χ2n) is 4.64. The van der Waals surface area contributed by atoms with E-state index in [0.29, 0.717) is 6.04 Å². The first kappa shape index (κ1) is 12.9. The second-order valence-corrected chi connectivity index (χ2v) is 5.08. The molecule has 1 fully saturated rings. The first-order valence-corrected chi connectivity index (χ1v) is 6.89. The molecule has 1 aromatic rings. The van der Waals surface area contributed by atoms with Gasteiger partial charge in [-0.25, -0.2) is 0 Å². The largest absolute Gasteiger partial charge is 0.314 e. The van der Waals surface area contributed by atoms with E-state index in [4.69, 9.17) is 11.6 Å². The van der Waals surface area contributed by atoms with Crippen LogP contribution in [0, 0.1) is 0 Å². The van der Waals surface area contributed by atoms with E-state index in [1.54, 1.807) is 0 Å². The summed E-state index contributed by atoms with van der Waals surface area (Å²) in [7, 11) is 0. The number of nitrogens with one attached hydrogen (secondary N) is 1. The lowest BCUT2D eigenvalue weighted by Crippen LogP contribution is -2.45. The molecule has 0 spiro atoms. The van der Waals surface area contributed by atoms with Crippen LogP contribution in [0.15, 0.2) is 24.3 Å². The molecular weight excluding hydrogens is 232 g/mol. The van der Waals surface area contributed by atoms with Crippen molar-refractivity contribution in [2.24, 2.45) is 0 Å². The Morgan fingerprint density at radius 2 is 1.88 bits per heavy atom. The van der Waals surface area contributed by atoms with E-state index in [1.165, 1.54) is 18.4 Å². The van der Waals surface area contributed by atoms with E-state index in [-0.39, 0.29) is 0 Å². The van der Waals surface area contributed by atoms with Crippen molar-refractivity contribution in [1.29, 1.82) is 0 Å². The van der Waals surface area contributed by atoms with Gasteiger partial charge in [0, 0.05) is 37.2 Å². The average Bonchev–Trinajstić information content (AvgIpc) is 2.38. The highest BCUT2D eigenvalue weighted by Crippen LogP contribution is 2.26. The minimum atomic E-state index is 0.555. The van der Waals surface area contributed by atoms with Crippen molar-refractivity contribution in [2.75, 3.05) is 26.2 Å². The standard InChI is InChI=1S/C14H21ClN2/c1-2-3-14(17-10-8-16-9-11-17)12-4-6-13(15)7-5-12/h4-7,14,16H,2-3,8-11H2,1H3/t14-/m0/s1. The summed E-state index contributed by atoms with van der Waals surface area (Å²) in [6.07, 6.45) is 2.44. The maximum absolute atomic E-state index is 5.96. The van der Waals surface area contributed by atoms with Crippen LogP contribution in [-0.2, 0) is 0 Å². The summed E-state index contributed by atoms with van der Waals surface area (Å²) in [4.78, 5) is 2.59. The molecule has 17 heavy (non-hydrogen) atoms. The smallest absolute Gasteiger partial charge is 0.0406 e. The number of hydrogen-bond donors (Lipinski definition) is 1. The van der Waals surface area contributed by atoms with Crippen molar-refractivity contribution in [1.82, 2.24) is 10.2 Å². The van der Waals surface area contributed by atoms with Crippen molar-refractivity contribution >= 4 is 11.6 Å². The van der Waals surface area contributed by atoms with Crippen molar-refractivity contribution in [3.63, 3.8) is 0 Å². The van der Waals surface area contributed by atoms with Gasteiger partial charge in [-0.3, -0.25) is 4.90 Å². The SMILES string of the molecule is CCC[C@@H](c1ccc(Cl)cc1)N1CCNCC1. The maximum Gasteiger partial charge on any atom is 0.0406 e. The van der Waals surface area contributed by atoms with Gasteiger partial charge < -0.3 is 5.32 Å². The zero-order chi connectivity index (χ0) is 12.1. The quantitative estimate of drug-likeness (QED) is 0.886. The molecule has 94 valence electrons. The topological polar surface area (TPSA) is 15.3 Å². The molecule has 1 heterocycles. The fraction of sp³-hybridized carbons (Fsp3) is 0.571. The van der Waals surface area contributed by atoms with Crippen LogP contribution < -0.4 is 5.32 Å². The van der Waals surface area contributed by atoms with Crippen molar-refractivity contribution in [3.8, 4) is 0 Å². The Morgan fingerprint density at radius 3 is 2.47 bits per heavy atom. The Balaban J connectivity index is 2.12.